The Kier molecular flexibility index (Phi) is 3.16. The molecular formula is C19H16N2O3. The molecule has 0 radical (unpaired) electrons. The number of aryl methyl sites for hydroxylation is 2. The van der Waals surface area contributed by atoms with Crippen LogP contribution in [0.25, 0.3) is 33.4 Å². The van der Waals surface area contributed by atoms with Crippen molar-refractivity contribution in [1.82, 2.24) is 9.97 Å². The van der Waals surface area contributed by atoms with Crippen LogP contribution in [-0.2, 0) is 0 Å². The topological polar surface area (TPSA) is 68.1 Å². The minimum absolute atomic E-state index is 0.416. The lowest BCUT2D eigenvalue weighted by molar-refractivity contribution is 0.414. The van der Waals surface area contributed by atoms with Gasteiger partial charge in [-0.15, -0.1) is 0 Å². The molecule has 2 heterocycles. The van der Waals surface area contributed by atoms with Crippen LogP contribution in [0, 0.1) is 13.8 Å². The molecule has 0 aliphatic heterocycles. The first-order chi connectivity index (χ1) is 11.5. The summed E-state index contributed by atoms with van der Waals surface area (Å²) in [5.41, 5.74) is 4.56. The number of methoxy groups -OCH3 is 1. The van der Waals surface area contributed by atoms with Crippen LogP contribution in [0.5, 0.6) is 5.75 Å². The largest absolute Gasteiger partial charge is 0.497 e. The standard InChI is InChI=1S/C19H16N2O3/c1-10-6-15-16(7-11(10)2)21-18(20-15)14-8-12-4-5-13(23-3)9-17(12)24-19(14)22/h4-9H,1-3H3,(H,20,21). The molecule has 0 spiro atoms. The average Bonchev–Trinajstić information content (AvgIpc) is 2.96. The summed E-state index contributed by atoms with van der Waals surface area (Å²) in [7, 11) is 1.58. The van der Waals surface area contributed by atoms with Crippen molar-refractivity contribution in [1.29, 1.82) is 0 Å². The van der Waals surface area contributed by atoms with E-state index < -0.39 is 5.63 Å². The van der Waals surface area contributed by atoms with Gasteiger partial charge in [-0.3, -0.25) is 0 Å². The van der Waals surface area contributed by atoms with Gasteiger partial charge in [-0.1, -0.05) is 0 Å². The number of aromatic nitrogens is 2. The van der Waals surface area contributed by atoms with Crippen molar-refractivity contribution in [3.63, 3.8) is 0 Å². The summed E-state index contributed by atoms with van der Waals surface area (Å²) in [5, 5.41) is 0.818. The summed E-state index contributed by atoms with van der Waals surface area (Å²) in [6, 6.07) is 11.2. The first kappa shape index (κ1) is 14.5. The third-order valence-corrected chi connectivity index (χ3v) is 4.30. The van der Waals surface area contributed by atoms with E-state index in [1.165, 1.54) is 5.56 Å². The summed E-state index contributed by atoms with van der Waals surface area (Å²) in [4.78, 5) is 20.1. The van der Waals surface area contributed by atoms with Gasteiger partial charge in [0.2, 0.25) is 0 Å². The van der Waals surface area contributed by atoms with E-state index in [2.05, 4.69) is 9.97 Å². The molecule has 0 unspecified atom stereocenters. The molecule has 0 amide bonds. The van der Waals surface area contributed by atoms with Crippen LogP contribution in [0.1, 0.15) is 11.1 Å². The van der Waals surface area contributed by atoms with Crippen molar-refractivity contribution in [3.8, 4) is 17.1 Å². The van der Waals surface area contributed by atoms with Gasteiger partial charge in [0.05, 0.1) is 18.1 Å². The summed E-state index contributed by atoms with van der Waals surface area (Å²) < 4.78 is 10.6. The van der Waals surface area contributed by atoms with Crippen LogP contribution in [-0.4, -0.2) is 17.1 Å². The first-order valence-electron chi connectivity index (χ1n) is 7.64. The molecule has 0 aliphatic carbocycles. The number of rotatable bonds is 2. The zero-order valence-corrected chi connectivity index (χ0v) is 13.6. The maximum atomic E-state index is 12.4. The Morgan fingerprint density at radius 3 is 2.67 bits per heavy atom. The molecule has 1 N–H and O–H groups in total. The van der Waals surface area contributed by atoms with E-state index in [1.54, 1.807) is 19.2 Å². The molecule has 5 heteroatoms. The molecule has 120 valence electrons. The maximum absolute atomic E-state index is 12.4. The zero-order valence-electron chi connectivity index (χ0n) is 13.6. The van der Waals surface area contributed by atoms with Gasteiger partial charge in [0.25, 0.3) is 0 Å². The van der Waals surface area contributed by atoms with Gasteiger partial charge in [0.15, 0.2) is 0 Å². The highest BCUT2D eigenvalue weighted by Gasteiger charge is 2.13. The monoisotopic (exact) mass is 320 g/mol. The highest BCUT2D eigenvalue weighted by molar-refractivity contribution is 5.85. The molecule has 0 bridgehead atoms. The maximum Gasteiger partial charge on any atom is 0.347 e. The van der Waals surface area contributed by atoms with Gasteiger partial charge in [0, 0.05) is 11.5 Å². The third kappa shape index (κ3) is 2.25. The number of fused-ring (bicyclic) bond motifs is 2. The highest BCUT2D eigenvalue weighted by Crippen LogP contribution is 2.25. The Balaban J connectivity index is 1.92. The number of ether oxygens (including phenoxy) is 1. The molecule has 0 aliphatic rings. The molecule has 0 fully saturated rings. The van der Waals surface area contributed by atoms with E-state index >= 15 is 0 Å². The summed E-state index contributed by atoms with van der Waals surface area (Å²) in [6.07, 6.45) is 0. The van der Waals surface area contributed by atoms with Crippen molar-refractivity contribution < 1.29 is 9.15 Å². The van der Waals surface area contributed by atoms with Crippen LogP contribution >= 0.6 is 0 Å². The van der Waals surface area contributed by atoms with Gasteiger partial charge in [-0.25, -0.2) is 9.78 Å². The van der Waals surface area contributed by atoms with Gasteiger partial charge >= 0.3 is 5.63 Å². The molecule has 2 aromatic carbocycles. The van der Waals surface area contributed by atoms with E-state index in [1.807, 2.05) is 38.1 Å². The minimum Gasteiger partial charge on any atom is -0.497 e. The van der Waals surface area contributed by atoms with Crippen LogP contribution in [0.15, 0.2) is 45.6 Å². The predicted molar refractivity (Wildman–Crippen MR) is 93.6 cm³/mol. The van der Waals surface area contributed by atoms with Crippen molar-refractivity contribution in [3.05, 3.63) is 57.9 Å². The lowest BCUT2D eigenvalue weighted by Gasteiger charge is -2.02. The molecule has 2 aromatic heterocycles. The average molecular weight is 320 g/mol. The number of H-pyrrole nitrogens is 1. The lowest BCUT2D eigenvalue weighted by atomic mass is 10.1. The van der Waals surface area contributed by atoms with Gasteiger partial charge in [-0.05, 0) is 55.3 Å². The number of hydrogen-bond donors (Lipinski definition) is 1. The normalized spacial score (nSPS) is 11.3. The number of benzene rings is 2. The van der Waals surface area contributed by atoms with Gasteiger partial charge in [0.1, 0.15) is 22.7 Å². The zero-order chi connectivity index (χ0) is 16.8. The number of aromatic amines is 1. The lowest BCUT2D eigenvalue weighted by Crippen LogP contribution is -2.03. The van der Waals surface area contributed by atoms with E-state index in [9.17, 15) is 4.79 Å². The highest BCUT2D eigenvalue weighted by atomic mass is 16.5. The fourth-order valence-corrected chi connectivity index (χ4v) is 2.78. The SMILES string of the molecule is COc1ccc2cc(-c3nc4cc(C)c(C)cc4[nH]3)c(=O)oc2c1. The van der Waals surface area contributed by atoms with Crippen LogP contribution in [0.4, 0.5) is 0 Å². The Hall–Kier alpha value is -3.08. The second-order valence-corrected chi connectivity index (χ2v) is 5.89. The number of nitrogens with zero attached hydrogens (tertiary/aromatic N) is 1. The molecular weight excluding hydrogens is 304 g/mol. The van der Waals surface area contributed by atoms with E-state index in [0.717, 1.165) is 22.0 Å². The summed E-state index contributed by atoms with van der Waals surface area (Å²) >= 11 is 0. The minimum atomic E-state index is -0.428. The van der Waals surface area contributed by atoms with Crippen molar-refractivity contribution >= 4 is 22.0 Å². The molecule has 4 rings (SSSR count). The fourth-order valence-electron chi connectivity index (χ4n) is 2.78. The number of imidazole rings is 1. The van der Waals surface area contributed by atoms with E-state index in [-0.39, 0.29) is 0 Å². The van der Waals surface area contributed by atoms with E-state index in [0.29, 0.717) is 22.7 Å². The van der Waals surface area contributed by atoms with Crippen molar-refractivity contribution in [2.75, 3.05) is 7.11 Å². The molecule has 0 saturated carbocycles. The van der Waals surface area contributed by atoms with Crippen molar-refractivity contribution in [2.45, 2.75) is 13.8 Å². The van der Waals surface area contributed by atoms with Crippen molar-refractivity contribution in [2.24, 2.45) is 0 Å². The van der Waals surface area contributed by atoms with Crippen LogP contribution < -0.4 is 10.4 Å². The molecule has 0 saturated heterocycles. The Morgan fingerprint density at radius 1 is 1.08 bits per heavy atom. The molecule has 0 atom stereocenters. The molecule has 24 heavy (non-hydrogen) atoms. The van der Waals surface area contributed by atoms with Gasteiger partial charge < -0.3 is 14.1 Å². The fraction of sp³-hybridized carbons (Fsp3) is 0.158. The Bertz CT molecular complexity index is 1100. The summed E-state index contributed by atoms with van der Waals surface area (Å²) in [5.74, 6) is 1.16. The second kappa shape index (κ2) is 5.23. The third-order valence-electron chi connectivity index (χ3n) is 4.30. The molecule has 4 aromatic rings. The Labute approximate surface area is 137 Å². The second-order valence-electron chi connectivity index (χ2n) is 5.89. The predicted octanol–water partition coefficient (Wildman–Crippen LogP) is 3.96. The quantitative estimate of drug-likeness (QED) is 0.568. The summed E-state index contributed by atoms with van der Waals surface area (Å²) in [6.45, 7) is 4.09. The number of nitrogens with one attached hydrogen (secondary N) is 1. The first-order valence-corrected chi connectivity index (χ1v) is 7.64. The Morgan fingerprint density at radius 2 is 1.88 bits per heavy atom. The van der Waals surface area contributed by atoms with Gasteiger partial charge in [-0.2, -0.15) is 0 Å². The molecule has 5 nitrogen and oxygen atoms in total. The van der Waals surface area contributed by atoms with Crippen LogP contribution in [0.3, 0.4) is 0 Å². The van der Waals surface area contributed by atoms with E-state index in [4.69, 9.17) is 9.15 Å². The number of hydrogen-bond acceptors (Lipinski definition) is 4. The smallest absolute Gasteiger partial charge is 0.347 e. The van der Waals surface area contributed by atoms with Crippen LogP contribution in [0.2, 0.25) is 0 Å².